The molecule has 134 valence electrons. The lowest BCUT2D eigenvalue weighted by Crippen LogP contribution is -2.32. The van der Waals surface area contributed by atoms with E-state index < -0.39 is 6.10 Å². The molecule has 2 aromatic carbocycles. The number of halogens is 2. The largest absolute Gasteiger partial charge is 0.504 e. The Morgan fingerprint density at radius 1 is 1.28 bits per heavy atom. The van der Waals surface area contributed by atoms with E-state index in [2.05, 4.69) is 5.32 Å². The Bertz CT molecular complexity index is 778. The Hall–Kier alpha value is -1.91. The summed E-state index contributed by atoms with van der Waals surface area (Å²) in [6.07, 6.45) is 0.340. The third-order valence-corrected chi connectivity index (χ3v) is 4.57. The zero-order chi connectivity index (χ0) is 18.6. The van der Waals surface area contributed by atoms with Crippen LogP contribution in [-0.2, 0) is 11.2 Å². The fourth-order valence-electron chi connectivity index (χ4n) is 2.46. The van der Waals surface area contributed by atoms with Gasteiger partial charge in [-0.2, -0.15) is 0 Å². The highest BCUT2D eigenvalue weighted by molar-refractivity contribution is 6.37. The van der Waals surface area contributed by atoms with Crippen LogP contribution in [0.3, 0.4) is 0 Å². The minimum Gasteiger partial charge on any atom is -0.504 e. The first-order chi connectivity index (χ1) is 11.9. The van der Waals surface area contributed by atoms with Crippen molar-refractivity contribution in [2.45, 2.75) is 39.7 Å². The number of hydrogen-bond acceptors (Lipinski definition) is 3. The molecular weight excluding hydrogens is 361 g/mol. The molecule has 0 fully saturated rings. The number of nitrogens with one attached hydrogen (secondary N) is 1. The van der Waals surface area contributed by atoms with Gasteiger partial charge in [-0.25, -0.2) is 0 Å². The van der Waals surface area contributed by atoms with E-state index in [1.807, 2.05) is 39.0 Å². The van der Waals surface area contributed by atoms with Gasteiger partial charge in [-0.05, 0) is 49.1 Å². The summed E-state index contributed by atoms with van der Waals surface area (Å²) < 4.78 is 5.76. The predicted octanol–water partition coefficient (Wildman–Crippen LogP) is 5.37. The first-order valence-electron chi connectivity index (χ1n) is 8.11. The van der Waals surface area contributed by atoms with Crippen LogP contribution >= 0.6 is 23.2 Å². The number of aromatic hydroxyl groups is 1. The number of carbonyl (C=O) groups excluding carboxylic acids is 1. The number of phenols is 1. The molecule has 1 atom stereocenters. The Labute approximate surface area is 157 Å². The van der Waals surface area contributed by atoms with E-state index in [0.717, 1.165) is 5.56 Å². The highest BCUT2D eigenvalue weighted by Gasteiger charge is 2.22. The molecule has 0 aliphatic carbocycles. The molecule has 2 aromatic rings. The third kappa shape index (κ3) is 4.59. The van der Waals surface area contributed by atoms with Gasteiger partial charge in [-0.1, -0.05) is 49.2 Å². The van der Waals surface area contributed by atoms with Crippen LogP contribution in [0.4, 0.5) is 5.69 Å². The van der Waals surface area contributed by atoms with Crippen molar-refractivity contribution in [1.82, 2.24) is 0 Å². The van der Waals surface area contributed by atoms with Crippen molar-refractivity contribution in [2.75, 3.05) is 5.32 Å². The Morgan fingerprint density at radius 2 is 2.00 bits per heavy atom. The molecule has 0 aromatic heterocycles. The smallest absolute Gasteiger partial charge is 0.265 e. The monoisotopic (exact) mass is 381 g/mol. The zero-order valence-corrected chi connectivity index (χ0v) is 15.9. The molecule has 4 nitrogen and oxygen atoms in total. The standard InChI is InChI=1S/C19H21Cl2NO3/c1-4-13-14(20)10-15(18(23)17(13)21)22-19(24)16(5-2)25-12-8-6-7-11(3)9-12/h6-10,16,23H,4-5H2,1-3H3,(H,22,24). The summed E-state index contributed by atoms with van der Waals surface area (Å²) in [5.74, 6) is 0.0426. The van der Waals surface area contributed by atoms with E-state index in [-0.39, 0.29) is 22.4 Å². The molecule has 0 saturated carbocycles. The lowest BCUT2D eigenvalue weighted by molar-refractivity contribution is -0.122. The summed E-state index contributed by atoms with van der Waals surface area (Å²) >= 11 is 12.3. The van der Waals surface area contributed by atoms with Crippen molar-refractivity contribution < 1.29 is 14.6 Å². The lowest BCUT2D eigenvalue weighted by Gasteiger charge is -2.19. The van der Waals surface area contributed by atoms with Crippen LogP contribution in [0.1, 0.15) is 31.4 Å². The SMILES string of the molecule is CCc1c(Cl)cc(NC(=O)C(CC)Oc2cccc(C)c2)c(O)c1Cl. The van der Waals surface area contributed by atoms with Gasteiger partial charge in [0.05, 0.1) is 10.7 Å². The zero-order valence-electron chi connectivity index (χ0n) is 14.4. The molecule has 25 heavy (non-hydrogen) atoms. The van der Waals surface area contributed by atoms with Gasteiger partial charge in [0.15, 0.2) is 11.9 Å². The Balaban J connectivity index is 2.20. The van der Waals surface area contributed by atoms with Gasteiger partial charge in [0.1, 0.15) is 5.75 Å². The number of phenolic OH excluding ortho intramolecular Hbond substituents is 1. The van der Waals surface area contributed by atoms with E-state index in [1.54, 1.807) is 6.07 Å². The highest BCUT2D eigenvalue weighted by Crippen LogP contribution is 2.39. The number of ether oxygens (including phenoxy) is 1. The van der Waals surface area contributed by atoms with E-state index in [9.17, 15) is 9.90 Å². The summed E-state index contributed by atoms with van der Waals surface area (Å²) in [5, 5.41) is 13.4. The molecule has 2 N–H and O–H groups in total. The van der Waals surface area contributed by atoms with Crippen molar-refractivity contribution in [3.63, 3.8) is 0 Å². The van der Waals surface area contributed by atoms with Gasteiger partial charge >= 0.3 is 0 Å². The van der Waals surface area contributed by atoms with Gasteiger partial charge in [-0.3, -0.25) is 4.79 Å². The molecule has 0 heterocycles. The molecule has 6 heteroatoms. The number of carbonyl (C=O) groups is 1. The van der Waals surface area contributed by atoms with Crippen molar-refractivity contribution >= 4 is 34.8 Å². The molecule has 2 rings (SSSR count). The second-order valence-electron chi connectivity index (χ2n) is 5.72. The van der Waals surface area contributed by atoms with Crippen molar-refractivity contribution in [2.24, 2.45) is 0 Å². The van der Waals surface area contributed by atoms with E-state index >= 15 is 0 Å². The molecule has 0 spiro atoms. The first kappa shape index (κ1) is 19.4. The molecule has 0 aliphatic heterocycles. The normalized spacial score (nSPS) is 11.9. The second-order valence-corrected chi connectivity index (χ2v) is 6.51. The van der Waals surface area contributed by atoms with Crippen LogP contribution in [0.25, 0.3) is 0 Å². The van der Waals surface area contributed by atoms with Crippen LogP contribution in [-0.4, -0.2) is 17.1 Å². The average molecular weight is 382 g/mol. The molecule has 0 aliphatic rings. The maximum Gasteiger partial charge on any atom is 0.265 e. The van der Waals surface area contributed by atoms with Crippen LogP contribution < -0.4 is 10.1 Å². The number of anilines is 1. The lowest BCUT2D eigenvalue weighted by atomic mass is 10.1. The molecule has 0 saturated heterocycles. The molecule has 0 radical (unpaired) electrons. The number of amides is 1. The third-order valence-electron chi connectivity index (χ3n) is 3.83. The topological polar surface area (TPSA) is 58.6 Å². The number of benzene rings is 2. The van der Waals surface area contributed by atoms with Gasteiger partial charge in [0.25, 0.3) is 5.91 Å². The number of aryl methyl sites for hydroxylation is 1. The quantitative estimate of drug-likeness (QED) is 0.661. The van der Waals surface area contributed by atoms with Crippen LogP contribution in [0, 0.1) is 6.92 Å². The van der Waals surface area contributed by atoms with Crippen molar-refractivity contribution in [1.29, 1.82) is 0 Å². The fourth-order valence-corrected chi connectivity index (χ4v) is 3.18. The molecule has 1 unspecified atom stereocenters. The van der Waals surface area contributed by atoms with Gasteiger partial charge in [0, 0.05) is 5.02 Å². The van der Waals surface area contributed by atoms with E-state index in [1.165, 1.54) is 6.07 Å². The summed E-state index contributed by atoms with van der Waals surface area (Å²) in [6.45, 7) is 5.68. The van der Waals surface area contributed by atoms with Crippen molar-refractivity contribution in [3.05, 3.63) is 51.5 Å². The van der Waals surface area contributed by atoms with Gasteiger partial charge in [-0.15, -0.1) is 0 Å². The van der Waals surface area contributed by atoms with E-state index in [0.29, 0.717) is 29.2 Å². The highest BCUT2D eigenvalue weighted by atomic mass is 35.5. The molecule has 0 bridgehead atoms. The second kappa shape index (κ2) is 8.45. The Kier molecular flexibility index (Phi) is 6.57. The minimum absolute atomic E-state index is 0.151. The van der Waals surface area contributed by atoms with Crippen LogP contribution in [0.2, 0.25) is 10.0 Å². The first-order valence-corrected chi connectivity index (χ1v) is 8.86. The maximum atomic E-state index is 12.5. The predicted molar refractivity (Wildman–Crippen MR) is 102 cm³/mol. The molecular formula is C19H21Cl2NO3. The minimum atomic E-state index is -0.704. The summed E-state index contributed by atoms with van der Waals surface area (Å²) in [7, 11) is 0. The summed E-state index contributed by atoms with van der Waals surface area (Å²) in [6, 6.07) is 8.97. The van der Waals surface area contributed by atoms with Crippen molar-refractivity contribution in [3.8, 4) is 11.5 Å². The maximum absolute atomic E-state index is 12.5. The average Bonchev–Trinajstić information content (AvgIpc) is 2.57. The Morgan fingerprint density at radius 3 is 2.60 bits per heavy atom. The summed E-state index contributed by atoms with van der Waals surface area (Å²) in [5.41, 5.74) is 1.85. The van der Waals surface area contributed by atoms with Crippen LogP contribution in [0.5, 0.6) is 11.5 Å². The van der Waals surface area contributed by atoms with Gasteiger partial charge in [0.2, 0.25) is 0 Å². The van der Waals surface area contributed by atoms with Crippen LogP contribution in [0.15, 0.2) is 30.3 Å². The molecule has 1 amide bonds. The number of hydrogen-bond donors (Lipinski definition) is 2. The summed E-state index contributed by atoms with van der Waals surface area (Å²) in [4.78, 5) is 12.5. The van der Waals surface area contributed by atoms with Gasteiger partial charge < -0.3 is 15.2 Å². The fraction of sp³-hybridized carbons (Fsp3) is 0.316. The van der Waals surface area contributed by atoms with E-state index in [4.69, 9.17) is 27.9 Å². The number of rotatable bonds is 6.